The van der Waals surface area contributed by atoms with E-state index in [1.807, 2.05) is 44.2 Å². The van der Waals surface area contributed by atoms with Crippen LogP contribution < -0.4 is 16.0 Å². The molecule has 0 aliphatic carbocycles. The fourth-order valence-corrected chi connectivity index (χ4v) is 3.88. The van der Waals surface area contributed by atoms with Crippen LogP contribution in [0.5, 0.6) is 0 Å². The van der Waals surface area contributed by atoms with Gasteiger partial charge in [0.1, 0.15) is 18.1 Å². The normalized spacial score (nSPS) is 19.3. The van der Waals surface area contributed by atoms with Crippen LogP contribution in [0.25, 0.3) is 0 Å². The number of carbonyl (C=O) groups is 5. The van der Waals surface area contributed by atoms with Gasteiger partial charge in [0.15, 0.2) is 0 Å². The van der Waals surface area contributed by atoms with E-state index in [1.54, 1.807) is 0 Å². The topological polar surface area (TPSA) is 134 Å². The second-order valence-corrected chi connectivity index (χ2v) is 8.50. The van der Waals surface area contributed by atoms with E-state index < -0.39 is 35.9 Å². The lowest BCUT2D eigenvalue weighted by Gasteiger charge is -2.26. The molecule has 1 aromatic rings. The van der Waals surface area contributed by atoms with E-state index in [4.69, 9.17) is 4.74 Å². The molecule has 180 valence electrons. The Morgan fingerprint density at radius 2 is 1.82 bits per heavy atom. The summed E-state index contributed by atoms with van der Waals surface area (Å²) in [5.41, 5.74) is 0.846. The monoisotopic (exact) mass is 460 g/mol. The number of ether oxygens (including phenoxy) is 1. The standard InChI is InChI=1S/C23H32N4O6/c1-15(2)9-18(25-22(31)20-11-17(24-13-28)12-27(20)14-29)21(30)26-19(23(32)33-3)10-16-7-5-4-6-8-16/h4-8,13-15,17-20H,9-12H2,1-3H3,(H,24,28)(H,25,31)(H,26,30)/t17-,18+,19+,20+/m1/s1. The van der Waals surface area contributed by atoms with E-state index in [0.29, 0.717) is 19.2 Å². The summed E-state index contributed by atoms with van der Waals surface area (Å²) in [5, 5.41) is 8.00. The molecule has 1 saturated heterocycles. The summed E-state index contributed by atoms with van der Waals surface area (Å²) in [5.74, 6) is -1.52. The number of hydrogen-bond donors (Lipinski definition) is 3. The Kier molecular flexibility index (Phi) is 9.84. The van der Waals surface area contributed by atoms with Crippen molar-refractivity contribution in [1.82, 2.24) is 20.9 Å². The summed E-state index contributed by atoms with van der Waals surface area (Å²) in [4.78, 5) is 61.7. The fourth-order valence-electron chi connectivity index (χ4n) is 3.88. The third kappa shape index (κ3) is 7.58. The average molecular weight is 461 g/mol. The number of hydrogen-bond acceptors (Lipinski definition) is 6. The van der Waals surface area contributed by atoms with Gasteiger partial charge in [-0.3, -0.25) is 19.2 Å². The van der Waals surface area contributed by atoms with Gasteiger partial charge in [-0.15, -0.1) is 0 Å². The van der Waals surface area contributed by atoms with E-state index in [2.05, 4.69) is 16.0 Å². The first-order valence-corrected chi connectivity index (χ1v) is 10.9. The highest BCUT2D eigenvalue weighted by molar-refractivity contribution is 5.92. The molecule has 3 N–H and O–H groups in total. The van der Waals surface area contributed by atoms with Crippen LogP contribution in [0.2, 0.25) is 0 Å². The average Bonchev–Trinajstić information content (AvgIpc) is 3.21. The largest absolute Gasteiger partial charge is 0.467 e. The van der Waals surface area contributed by atoms with Crippen molar-refractivity contribution in [3.63, 3.8) is 0 Å². The Morgan fingerprint density at radius 1 is 1.12 bits per heavy atom. The highest BCUT2D eigenvalue weighted by Crippen LogP contribution is 2.17. The van der Waals surface area contributed by atoms with Crippen molar-refractivity contribution >= 4 is 30.6 Å². The van der Waals surface area contributed by atoms with Crippen LogP contribution in [0, 0.1) is 5.92 Å². The zero-order valence-corrected chi connectivity index (χ0v) is 19.2. The van der Waals surface area contributed by atoms with Gasteiger partial charge >= 0.3 is 5.97 Å². The smallest absolute Gasteiger partial charge is 0.328 e. The van der Waals surface area contributed by atoms with Crippen LogP contribution in [0.15, 0.2) is 30.3 Å². The van der Waals surface area contributed by atoms with Gasteiger partial charge in [0, 0.05) is 19.0 Å². The van der Waals surface area contributed by atoms with Crippen molar-refractivity contribution < 1.29 is 28.7 Å². The maximum atomic E-state index is 13.1. The number of rotatable bonds is 12. The van der Waals surface area contributed by atoms with E-state index in [-0.39, 0.29) is 31.3 Å². The molecule has 1 heterocycles. The first-order chi connectivity index (χ1) is 15.8. The van der Waals surface area contributed by atoms with Crippen molar-refractivity contribution in [2.75, 3.05) is 13.7 Å². The summed E-state index contributed by atoms with van der Waals surface area (Å²) < 4.78 is 4.85. The number of methoxy groups -OCH3 is 1. The summed E-state index contributed by atoms with van der Waals surface area (Å²) in [7, 11) is 1.25. The molecule has 4 amide bonds. The Bertz CT molecular complexity index is 832. The Hall–Kier alpha value is -3.43. The van der Waals surface area contributed by atoms with Gasteiger partial charge in [0.2, 0.25) is 24.6 Å². The third-order valence-corrected chi connectivity index (χ3v) is 5.51. The van der Waals surface area contributed by atoms with E-state index in [1.165, 1.54) is 12.0 Å². The van der Waals surface area contributed by atoms with Crippen LogP contribution in [0.1, 0.15) is 32.3 Å². The van der Waals surface area contributed by atoms with Crippen LogP contribution >= 0.6 is 0 Å². The molecule has 0 saturated carbocycles. The maximum Gasteiger partial charge on any atom is 0.328 e. The zero-order chi connectivity index (χ0) is 24.4. The number of benzene rings is 1. The summed E-state index contributed by atoms with van der Waals surface area (Å²) in [6.07, 6.45) is 1.91. The van der Waals surface area contributed by atoms with Crippen molar-refractivity contribution in [3.8, 4) is 0 Å². The summed E-state index contributed by atoms with van der Waals surface area (Å²) in [6, 6.07) is 6.23. The molecular weight excluding hydrogens is 428 g/mol. The minimum absolute atomic E-state index is 0.0713. The molecule has 0 spiro atoms. The van der Waals surface area contributed by atoms with E-state index in [0.717, 1.165) is 5.56 Å². The number of nitrogens with one attached hydrogen (secondary N) is 3. The summed E-state index contributed by atoms with van der Waals surface area (Å²) in [6.45, 7) is 4.03. The molecule has 0 unspecified atom stereocenters. The van der Waals surface area contributed by atoms with Crippen LogP contribution in [-0.2, 0) is 35.1 Å². The molecule has 33 heavy (non-hydrogen) atoms. The first-order valence-electron chi connectivity index (χ1n) is 10.9. The van der Waals surface area contributed by atoms with Crippen molar-refractivity contribution in [2.45, 2.75) is 57.3 Å². The highest BCUT2D eigenvalue weighted by atomic mass is 16.5. The molecule has 0 bridgehead atoms. The van der Waals surface area contributed by atoms with Crippen molar-refractivity contribution in [3.05, 3.63) is 35.9 Å². The van der Waals surface area contributed by atoms with Crippen molar-refractivity contribution in [2.24, 2.45) is 5.92 Å². The van der Waals surface area contributed by atoms with Crippen LogP contribution in [0.4, 0.5) is 0 Å². The second kappa shape index (κ2) is 12.6. The second-order valence-electron chi connectivity index (χ2n) is 8.50. The van der Waals surface area contributed by atoms with Gasteiger partial charge < -0.3 is 25.6 Å². The van der Waals surface area contributed by atoms with Gasteiger partial charge in [0.25, 0.3) is 0 Å². The van der Waals surface area contributed by atoms with E-state index in [9.17, 15) is 24.0 Å². The Labute approximate surface area is 193 Å². The number of carbonyl (C=O) groups excluding carboxylic acids is 5. The molecular formula is C23H32N4O6. The molecule has 1 fully saturated rings. The lowest BCUT2D eigenvalue weighted by atomic mass is 10.0. The first kappa shape index (κ1) is 25.8. The number of nitrogens with zero attached hydrogens (tertiary/aromatic N) is 1. The molecule has 1 aliphatic heterocycles. The Balaban J connectivity index is 2.12. The van der Waals surface area contributed by atoms with Crippen LogP contribution in [-0.4, -0.2) is 73.3 Å². The molecule has 4 atom stereocenters. The van der Waals surface area contributed by atoms with Gasteiger partial charge in [-0.05, 0) is 24.3 Å². The SMILES string of the molecule is COC(=O)[C@H](Cc1ccccc1)NC(=O)[C@H](CC(C)C)NC(=O)[C@@H]1C[C@@H](NC=O)CN1C=O. The number of esters is 1. The molecule has 0 radical (unpaired) electrons. The van der Waals surface area contributed by atoms with Gasteiger partial charge in [-0.25, -0.2) is 4.79 Å². The minimum Gasteiger partial charge on any atom is -0.467 e. The van der Waals surface area contributed by atoms with Gasteiger partial charge in [-0.2, -0.15) is 0 Å². The fraction of sp³-hybridized carbons (Fsp3) is 0.522. The lowest BCUT2D eigenvalue weighted by Crippen LogP contribution is -2.55. The van der Waals surface area contributed by atoms with Crippen molar-refractivity contribution in [1.29, 1.82) is 0 Å². The minimum atomic E-state index is -0.921. The van der Waals surface area contributed by atoms with Crippen LogP contribution in [0.3, 0.4) is 0 Å². The molecule has 1 aliphatic rings. The van der Waals surface area contributed by atoms with Gasteiger partial charge in [-0.1, -0.05) is 44.2 Å². The zero-order valence-electron chi connectivity index (χ0n) is 19.2. The predicted molar refractivity (Wildman–Crippen MR) is 120 cm³/mol. The highest BCUT2D eigenvalue weighted by Gasteiger charge is 2.38. The van der Waals surface area contributed by atoms with E-state index >= 15 is 0 Å². The Morgan fingerprint density at radius 3 is 2.39 bits per heavy atom. The number of amides is 4. The number of likely N-dealkylation sites (tertiary alicyclic amines) is 1. The van der Waals surface area contributed by atoms with Gasteiger partial charge in [0.05, 0.1) is 7.11 Å². The molecule has 2 rings (SSSR count). The third-order valence-electron chi connectivity index (χ3n) is 5.51. The molecule has 1 aromatic carbocycles. The molecule has 10 nitrogen and oxygen atoms in total. The lowest BCUT2D eigenvalue weighted by molar-refractivity contribution is -0.145. The quantitative estimate of drug-likeness (QED) is 0.291. The molecule has 10 heteroatoms. The summed E-state index contributed by atoms with van der Waals surface area (Å²) >= 11 is 0. The molecule has 0 aromatic heterocycles. The maximum absolute atomic E-state index is 13.1. The predicted octanol–water partition coefficient (Wildman–Crippen LogP) is -0.237.